The molecule has 0 aliphatic rings. The van der Waals surface area contributed by atoms with Gasteiger partial charge in [0.1, 0.15) is 0 Å². The van der Waals surface area contributed by atoms with E-state index in [1.165, 1.54) is 16.8 Å². The molecule has 1 aromatic heterocycles. The third-order valence-corrected chi connectivity index (χ3v) is 2.92. The molecule has 2 nitrogen and oxygen atoms in total. The molecule has 0 saturated carbocycles. The summed E-state index contributed by atoms with van der Waals surface area (Å²) in [6, 6.07) is 10.4. The van der Waals surface area contributed by atoms with E-state index < -0.39 is 0 Å². The van der Waals surface area contributed by atoms with Crippen LogP contribution in [0.15, 0.2) is 30.3 Å². The molecule has 0 atom stereocenters. The first-order chi connectivity index (χ1) is 7.18. The van der Waals surface area contributed by atoms with Crippen molar-refractivity contribution in [1.82, 2.24) is 9.78 Å². The minimum Gasteiger partial charge on any atom is -0.265 e. The minimum absolute atomic E-state index is 0.862. The molecule has 1 heterocycles. The van der Waals surface area contributed by atoms with Gasteiger partial charge in [0, 0.05) is 5.69 Å². The number of hydrogen-bond acceptors (Lipinski definition) is 1. The predicted octanol–water partition coefficient (Wildman–Crippen LogP) is 2.86. The standard InChI is InChI=1S/C13H16N2/c1-10-11(2)14-15(12(10)3)9-13-7-5-4-6-8-13/h4-8H,9H2,1-3H3. The maximum atomic E-state index is 4.52. The van der Waals surface area contributed by atoms with Crippen LogP contribution in [-0.4, -0.2) is 9.78 Å². The summed E-state index contributed by atoms with van der Waals surface area (Å²) in [4.78, 5) is 0. The molecule has 0 fully saturated rings. The van der Waals surface area contributed by atoms with E-state index in [2.05, 4.69) is 54.8 Å². The zero-order valence-electron chi connectivity index (χ0n) is 9.49. The van der Waals surface area contributed by atoms with Crippen molar-refractivity contribution in [3.05, 3.63) is 52.8 Å². The van der Waals surface area contributed by atoms with Crippen LogP contribution in [0.3, 0.4) is 0 Å². The lowest BCUT2D eigenvalue weighted by molar-refractivity contribution is 0.658. The van der Waals surface area contributed by atoms with Crippen molar-refractivity contribution < 1.29 is 0 Å². The Kier molecular flexibility index (Phi) is 2.58. The van der Waals surface area contributed by atoms with Crippen LogP contribution in [-0.2, 0) is 6.54 Å². The molecule has 0 bridgehead atoms. The maximum absolute atomic E-state index is 4.52. The van der Waals surface area contributed by atoms with Crippen molar-refractivity contribution >= 4 is 0 Å². The Morgan fingerprint density at radius 3 is 2.27 bits per heavy atom. The fourth-order valence-corrected chi connectivity index (χ4v) is 1.70. The molecule has 1 aromatic carbocycles. The number of rotatable bonds is 2. The lowest BCUT2D eigenvalue weighted by Gasteiger charge is -2.04. The summed E-state index contributed by atoms with van der Waals surface area (Å²) in [7, 11) is 0. The second-order valence-electron chi connectivity index (χ2n) is 3.94. The summed E-state index contributed by atoms with van der Waals surface area (Å²) in [5.41, 5.74) is 4.98. The second-order valence-corrected chi connectivity index (χ2v) is 3.94. The van der Waals surface area contributed by atoms with E-state index in [0.29, 0.717) is 0 Å². The van der Waals surface area contributed by atoms with Crippen molar-refractivity contribution in [3.8, 4) is 0 Å². The number of benzene rings is 1. The van der Waals surface area contributed by atoms with Gasteiger partial charge in [0.05, 0.1) is 12.2 Å². The van der Waals surface area contributed by atoms with Gasteiger partial charge in [0.15, 0.2) is 0 Å². The number of aromatic nitrogens is 2. The van der Waals surface area contributed by atoms with Gasteiger partial charge in [-0.05, 0) is 31.9 Å². The molecule has 0 spiro atoms. The zero-order chi connectivity index (χ0) is 10.8. The first kappa shape index (κ1) is 9.97. The summed E-state index contributed by atoms with van der Waals surface area (Å²) < 4.78 is 2.07. The first-order valence-corrected chi connectivity index (χ1v) is 5.23. The van der Waals surface area contributed by atoms with E-state index >= 15 is 0 Å². The number of aryl methyl sites for hydroxylation is 1. The Morgan fingerprint density at radius 1 is 1.07 bits per heavy atom. The third-order valence-electron chi connectivity index (χ3n) is 2.92. The van der Waals surface area contributed by atoms with Gasteiger partial charge >= 0.3 is 0 Å². The molecule has 2 aromatic rings. The average Bonchev–Trinajstić information content (AvgIpc) is 2.48. The van der Waals surface area contributed by atoms with Gasteiger partial charge in [-0.25, -0.2) is 0 Å². The van der Waals surface area contributed by atoms with Crippen LogP contribution >= 0.6 is 0 Å². The smallest absolute Gasteiger partial charge is 0.0662 e. The number of nitrogens with zero attached hydrogens (tertiary/aromatic N) is 2. The largest absolute Gasteiger partial charge is 0.265 e. The fourth-order valence-electron chi connectivity index (χ4n) is 1.70. The Balaban J connectivity index is 2.29. The summed E-state index contributed by atoms with van der Waals surface area (Å²) in [6.45, 7) is 7.17. The Hall–Kier alpha value is -1.57. The van der Waals surface area contributed by atoms with E-state index in [-0.39, 0.29) is 0 Å². The molecule has 15 heavy (non-hydrogen) atoms. The highest BCUT2D eigenvalue weighted by molar-refractivity contribution is 5.24. The molecule has 0 aliphatic carbocycles. The van der Waals surface area contributed by atoms with Crippen molar-refractivity contribution in [1.29, 1.82) is 0 Å². The Morgan fingerprint density at radius 2 is 1.73 bits per heavy atom. The maximum Gasteiger partial charge on any atom is 0.0662 e. The van der Waals surface area contributed by atoms with E-state index in [0.717, 1.165) is 12.2 Å². The normalized spacial score (nSPS) is 10.6. The first-order valence-electron chi connectivity index (χ1n) is 5.23. The van der Waals surface area contributed by atoms with Crippen molar-refractivity contribution in [2.24, 2.45) is 0 Å². The predicted molar refractivity (Wildman–Crippen MR) is 62.0 cm³/mol. The zero-order valence-corrected chi connectivity index (χ0v) is 9.49. The average molecular weight is 200 g/mol. The van der Waals surface area contributed by atoms with Crippen molar-refractivity contribution in [2.75, 3.05) is 0 Å². The van der Waals surface area contributed by atoms with Crippen LogP contribution in [0.25, 0.3) is 0 Å². The lowest BCUT2D eigenvalue weighted by Crippen LogP contribution is -2.03. The molecule has 0 aliphatic heterocycles. The molecule has 0 unspecified atom stereocenters. The Bertz CT molecular complexity index is 455. The highest BCUT2D eigenvalue weighted by Gasteiger charge is 2.06. The van der Waals surface area contributed by atoms with Crippen molar-refractivity contribution in [3.63, 3.8) is 0 Å². The molecular formula is C13H16N2. The van der Waals surface area contributed by atoms with Gasteiger partial charge in [0.25, 0.3) is 0 Å². The van der Waals surface area contributed by atoms with Gasteiger partial charge < -0.3 is 0 Å². The second kappa shape index (κ2) is 3.89. The molecule has 0 N–H and O–H groups in total. The Labute approximate surface area is 90.6 Å². The summed E-state index contributed by atoms with van der Waals surface area (Å²) >= 11 is 0. The quantitative estimate of drug-likeness (QED) is 0.729. The van der Waals surface area contributed by atoms with Crippen LogP contribution < -0.4 is 0 Å². The van der Waals surface area contributed by atoms with E-state index in [4.69, 9.17) is 0 Å². The SMILES string of the molecule is Cc1nn(Cc2ccccc2)c(C)c1C. The molecular weight excluding hydrogens is 184 g/mol. The van der Waals surface area contributed by atoms with Gasteiger partial charge in [-0.2, -0.15) is 5.10 Å². The summed E-state index contributed by atoms with van der Waals surface area (Å²) in [5.74, 6) is 0. The molecule has 0 radical (unpaired) electrons. The number of hydrogen-bond donors (Lipinski definition) is 0. The van der Waals surface area contributed by atoms with Crippen LogP contribution in [0.5, 0.6) is 0 Å². The van der Waals surface area contributed by atoms with Gasteiger partial charge in [-0.15, -0.1) is 0 Å². The van der Waals surface area contributed by atoms with Crippen LogP contribution in [0.1, 0.15) is 22.5 Å². The van der Waals surface area contributed by atoms with E-state index in [9.17, 15) is 0 Å². The molecule has 78 valence electrons. The molecule has 2 rings (SSSR count). The van der Waals surface area contributed by atoms with E-state index in [1.807, 2.05) is 6.07 Å². The minimum atomic E-state index is 0.862. The summed E-state index contributed by atoms with van der Waals surface area (Å²) in [5, 5.41) is 4.52. The monoisotopic (exact) mass is 200 g/mol. The van der Waals surface area contributed by atoms with Crippen molar-refractivity contribution in [2.45, 2.75) is 27.3 Å². The fraction of sp³-hybridized carbons (Fsp3) is 0.308. The van der Waals surface area contributed by atoms with Crippen LogP contribution in [0, 0.1) is 20.8 Å². The van der Waals surface area contributed by atoms with Crippen LogP contribution in [0.4, 0.5) is 0 Å². The molecule has 0 saturated heterocycles. The third kappa shape index (κ3) is 1.94. The molecule has 2 heteroatoms. The van der Waals surface area contributed by atoms with Gasteiger partial charge in [-0.1, -0.05) is 30.3 Å². The van der Waals surface area contributed by atoms with E-state index in [1.54, 1.807) is 0 Å². The highest BCUT2D eigenvalue weighted by Crippen LogP contribution is 2.12. The summed E-state index contributed by atoms with van der Waals surface area (Å²) in [6.07, 6.45) is 0. The molecule has 0 amide bonds. The van der Waals surface area contributed by atoms with Gasteiger partial charge in [-0.3, -0.25) is 4.68 Å². The lowest BCUT2D eigenvalue weighted by atomic mass is 10.2. The highest BCUT2D eigenvalue weighted by atomic mass is 15.3. The topological polar surface area (TPSA) is 17.8 Å². The van der Waals surface area contributed by atoms with Gasteiger partial charge in [0.2, 0.25) is 0 Å². The van der Waals surface area contributed by atoms with Crippen LogP contribution in [0.2, 0.25) is 0 Å².